The van der Waals surface area contributed by atoms with Gasteiger partial charge in [-0.25, -0.2) is 17.9 Å². The van der Waals surface area contributed by atoms with Crippen molar-refractivity contribution >= 4 is 27.7 Å². The first-order chi connectivity index (χ1) is 20.8. The van der Waals surface area contributed by atoms with Gasteiger partial charge in [-0.05, 0) is 48.4 Å². The molecule has 3 atom stereocenters. The molecule has 43 heavy (non-hydrogen) atoms. The van der Waals surface area contributed by atoms with E-state index in [1.54, 1.807) is 0 Å². The maximum atomic E-state index is 13.8. The van der Waals surface area contributed by atoms with Gasteiger partial charge in [0.05, 0.1) is 18.0 Å². The number of aryl methyl sites for hydroxylation is 1. The number of carbonyl (C=O) groups excluding carboxylic acids is 1. The first-order valence-electron chi connectivity index (χ1n) is 14.6. The van der Waals surface area contributed by atoms with Crippen molar-refractivity contribution in [3.63, 3.8) is 0 Å². The lowest BCUT2D eigenvalue weighted by atomic mass is 9.84. The average molecular weight is 607 g/mol. The molecule has 5 rings (SSSR count). The predicted molar refractivity (Wildman–Crippen MR) is 165 cm³/mol. The van der Waals surface area contributed by atoms with E-state index in [9.17, 15) is 23.1 Å². The van der Waals surface area contributed by atoms with Crippen LogP contribution in [0.2, 0.25) is 0 Å². The fourth-order valence-corrected chi connectivity index (χ4v) is 6.84. The van der Waals surface area contributed by atoms with E-state index in [1.165, 1.54) is 0 Å². The van der Waals surface area contributed by atoms with Crippen LogP contribution in [-0.4, -0.2) is 68.7 Å². The SMILES string of the molecule is O=C(O)N[C@H](C(=O)Nc1ccccc1CC[C@@H]1CN[C@H](CNS(=O)(=O)C2CC2)CO1)C(c1ccccc1)c1ccccc1. The molecule has 1 aliphatic heterocycles. The van der Waals surface area contributed by atoms with Crippen molar-refractivity contribution in [1.29, 1.82) is 0 Å². The number of morpholine rings is 1. The van der Waals surface area contributed by atoms with E-state index in [2.05, 4.69) is 20.7 Å². The molecule has 3 aromatic rings. The third-order valence-corrected chi connectivity index (χ3v) is 9.80. The number of ether oxygens (including phenoxy) is 1. The van der Waals surface area contributed by atoms with Gasteiger partial charge in [-0.15, -0.1) is 0 Å². The number of carbonyl (C=O) groups is 2. The molecule has 0 radical (unpaired) electrons. The summed E-state index contributed by atoms with van der Waals surface area (Å²) in [5, 5.41) is 18.3. The van der Waals surface area contributed by atoms with Crippen LogP contribution in [-0.2, 0) is 26.0 Å². The monoisotopic (exact) mass is 606 g/mol. The summed E-state index contributed by atoms with van der Waals surface area (Å²) in [6.07, 6.45) is 1.41. The molecule has 1 heterocycles. The van der Waals surface area contributed by atoms with Crippen LogP contribution >= 0.6 is 0 Å². The maximum absolute atomic E-state index is 13.8. The number of sulfonamides is 1. The first-order valence-corrected chi connectivity index (χ1v) is 16.2. The molecule has 1 saturated carbocycles. The van der Waals surface area contributed by atoms with Gasteiger partial charge in [0.15, 0.2) is 0 Å². The molecule has 228 valence electrons. The van der Waals surface area contributed by atoms with Gasteiger partial charge in [0.1, 0.15) is 6.04 Å². The van der Waals surface area contributed by atoms with Crippen LogP contribution in [0.4, 0.5) is 10.5 Å². The summed E-state index contributed by atoms with van der Waals surface area (Å²) in [4.78, 5) is 25.7. The van der Waals surface area contributed by atoms with E-state index in [1.807, 2.05) is 84.9 Å². The van der Waals surface area contributed by atoms with Crippen molar-refractivity contribution in [3.05, 3.63) is 102 Å². The third kappa shape index (κ3) is 8.41. The zero-order valence-corrected chi connectivity index (χ0v) is 24.6. The molecule has 3 aromatic carbocycles. The molecule has 0 bridgehead atoms. The Morgan fingerprint density at radius 2 is 1.56 bits per heavy atom. The lowest BCUT2D eigenvalue weighted by Crippen LogP contribution is -2.51. The van der Waals surface area contributed by atoms with E-state index in [0.29, 0.717) is 38.2 Å². The molecule has 1 aliphatic carbocycles. The summed E-state index contributed by atoms with van der Waals surface area (Å²) in [5.41, 5.74) is 3.15. The van der Waals surface area contributed by atoms with Crippen LogP contribution in [0, 0.1) is 0 Å². The van der Waals surface area contributed by atoms with Crippen LogP contribution in [0.1, 0.15) is 41.9 Å². The maximum Gasteiger partial charge on any atom is 0.405 e. The second kappa shape index (κ2) is 14.1. The summed E-state index contributed by atoms with van der Waals surface area (Å²) < 4.78 is 32.9. The molecule has 1 saturated heterocycles. The summed E-state index contributed by atoms with van der Waals surface area (Å²) in [6.45, 7) is 1.29. The molecule has 2 amide bonds. The van der Waals surface area contributed by atoms with Gasteiger partial charge in [0.25, 0.3) is 0 Å². The average Bonchev–Trinajstić information content (AvgIpc) is 3.88. The topological polar surface area (TPSA) is 146 Å². The molecule has 5 N–H and O–H groups in total. The van der Waals surface area contributed by atoms with Gasteiger partial charge in [-0.1, -0.05) is 78.9 Å². The Hall–Kier alpha value is -3.77. The standard InChI is InChI=1S/C32H38N4O6S/c37-31(30(36-32(38)39)29(23-10-3-1-4-11-23)24-12-5-2-6-13-24)35-28-14-8-7-9-22(28)15-16-26-20-33-25(21-42-26)19-34-43(40,41)27-17-18-27/h1-14,25-27,29-30,33-34,36H,15-21H2,(H,35,37)(H,38,39)/t25-,26-,30+/m1/s1. The number of benzene rings is 3. The van der Waals surface area contributed by atoms with Crippen molar-refractivity contribution in [2.24, 2.45) is 0 Å². The fraction of sp³-hybridized carbons (Fsp3) is 0.375. The molecule has 0 unspecified atom stereocenters. The molecule has 0 spiro atoms. The largest absolute Gasteiger partial charge is 0.465 e. The number of anilines is 1. The summed E-state index contributed by atoms with van der Waals surface area (Å²) in [7, 11) is -3.23. The van der Waals surface area contributed by atoms with Crippen LogP contribution in [0.5, 0.6) is 0 Å². The highest BCUT2D eigenvalue weighted by Gasteiger charge is 2.36. The Bertz CT molecular complexity index is 1440. The lowest BCUT2D eigenvalue weighted by molar-refractivity contribution is -0.118. The zero-order chi connectivity index (χ0) is 30.2. The highest BCUT2D eigenvalue weighted by atomic mass is 32.2. The molecule has 11 heteroatoms. The number of hydrogen-bond donors (Lipinski definition) is 5. The molecular formula is C32H38N4O6S. The van der Waals surface area contributed by atoms with Crippen molar-refractivity contribution in [1.82, 2.24) is 15.4 Å². The molecule has 10 nitrogen and oxygen atoms in total. The van der Waals surface area contributed by atoms with E-state index in [0.717, 1.165) is 29.5 Å². The van der Waals surface area contributed by atoms with Crippen LogP contribution < -0.4 is 20.7 Å². The Morgan fingerprint density at radius 1 is 0.930 bits per heavy atom. The lowest BCUT2D eigenvalue weighted by Gasteiger charge is -2.31. The highest BCUT2D eigenvalue weighted by Crippen LogP contribution is 2.30. The molecule has 2 aliphatic rings. The van der Waals surface area contributed by atoms with E-state index in [4.69, 9.17) is 4.74 Å². The number of hydrogen-bond acceptors (Lipinski definition) is 6. The van der Waals surface area contributed by atoms with Crippen LogP contribution in [0.3, 0.4) is 0 Å². The predicted octanol–water partition coefficient (Wildman–Crippen LogP) is 3.46. The minimum absolute atomic E-state index is 0.0676. The summed E-state index contributed by atoms with van der Waals surface area (Å²) in [5.74, 6) is -1.01. The third-order valence-electron chi connectivity index (χ3n) is 7.88. The number of rotatable bonds is 13. The van der Waals surface area contributed by atoms with Crippen molar-refractivity contribution in [2.75, 3.05) is 25.0 Å². The van der Waals surface area contributed by atoms with Crippen molar-refractivity contribution in [2.45, 2.75) is 55.0 Å². The minimum Gasteiger partial charge on any atom is -0.465 e. The molecule has 2 fully saturated rings. The second-order valence-electron chi connectivity index (χ2n) is 11.1. The number of nitrogens with one attached hydrogen (secondary N) is 4. The van der Waals surface area contributed by atoms with Gasteiger partial charge in [0.2, 0.25) is 15.9 Å². The van der Waals surface area contributed by atoms with Crippen molar-refractivity contribution in [3.8, 4) is 0 Å². The van der Waals surface area contributed by atoms with Gasteiger partial charge in [0, 0.05) is 30.7 Å². The smallest absolute Gasteiger partial charge is 0.405 e. The number of amides is 2. The molecule has 0 aromatic heterocycles. The van der Waals surface area contributed by atoms with Crippen molar-refractivity contribution < 1.29 is 27.9 Å². The van der Waals surface area contributed by atoms with Crippen LogP contribution in [0.15, 0.2) is 84.9 Å². The number of para-hydroxylation sites is 1. The number of carboxylic acid groups (broad SMARTS) is 1. The normalized spacial score (nSPS) is 19.5. The van der Waals surface area contributed by atoms with E-state index in [-0.39, 0.29) is 17.4 Å². The van der Waals surface area contributed by atoms with Crippen LogP contribution in [0.25, 0.3) is 0 Å². The Morgan fingerprint density at radius 3 is 2.14 bits per heavy atom. The van der Waals surface area contributed by atoms with E-state index < -0.39 is 34.0 Å². The quantitative estimate of drug-likeness (QED) is 0.200. The summed E-state index contributed by atoms with van der Waals surface area (Å²) >= 11 is 0. The van der Waals surface area contributed by atoms with Gasteiger partial charge in [-0.3, -0.25) is 4.79 Å². The fourth-order valence-electron chi connectivity index (χ4n) is 5.42. The Labute approximate surface area is 252 Å². The first kappa shape index (κ1) is 30.7. The molecular weight excluding hydrogens is 568 g/mol. The van der Waals surface area contributed by atoms with Gasteiger partial charge >= 0.3 is 6.09 Å². The highest BCUT2D eigenvalue weighted by molar-refractivity contribution is 7.90. The summed E-state index contributed by atoms with van der Waals surface area (Å²) in [6, 6.07) is 25.1. The second-order valence-corrected chi connectivity index (χ2v) is 13.1. The Kier molecular flexibility index (Phi) is 10.1. The minimum atomic E-state index is -3.23. The Balaban J connectivity index is 1.23. The van der Waals surface area contributed by atoms with Gasteiger partial charge < -0.3 is 25.8 Å². The van der Waals surface area contributed by atoms with E-state index >= 15 is 0 Å². The zero-order valence-electron chi connectivity index (χ0n) is 23.8. The van der Waals surface area contributed by atoms with Gasteiger partial charge in [-0.2, -0.15) is 0 Å².